The highest BCUT2D eigenvalue weighted by atomic mass is 15.2. The number of rotatable bonds is 7. The highest BCUT2D eigenvalue weighted by Gasteiger charge is 2.30. The van der Waals surface area contributed by atoms with E-state index in [2.05, 4.69) is 37.1 Å². The van der Waals surface area contributed by atoms with Crippen LogP contribution in [-0.2, 0) is 0 Å². The molecule has 1 heterocycles. The molecule has 19 heavy (non-hydrogen) atoms. The van der Waals surface area contributed by atoms with Crippen LogP contribution in [0.4, 0.5) is 0 Å². The number of hydrogen-bond donors (Lipinski definition) is 1. The van der Waals surface area contributed by atoms with Gasteiger partial charge in [0.15, 0.2) is 0 Å². The lowest BCUT2D eigenvalue weighted by Gasteiger charge is -2.39. The Labute approximate surface area is 119 Å². The van der Waals surface area contributed by atoms with E-state index in [0.717, 1.165) is 25.3 Å². The number of likely N-dealkylation sites (tertiary alicyclic amines) is 1. The molecule has 1 aliphatic heterocycles. The van der Waals surface area contributed by atoms with Crippen molar-refractivity contribution in [3.63, 3.8) is 0 Å². The van der Waals surface area contributed by atoms with Crippen molar-refractivity contribution in [3.05, 3.63) is 0 Å². The Morgan fingerprint density at radius 1 is 1.47 bits per heavy atom. The summed E-state index contributed by atoms with van der Waals surface area (Å²) >= 11 is 0. The molecule has 3 atom stereocenters. The summed E-state index contributed by atoms with van der Waals surface area (Å²) in [4.78, 5) is 2.58. The van der Waals surface area contributed by atoms with E-state index in [1.165, 1.54) is 32.4 Å². The lowest BCUT2D eigenvalue weighted by atomic mass is 9.90. The van der Waals surface area contributed by atoms with E-state index in [0.29, 0.717) is 6.04 Å². The van der Waals surface area contributed by atoms with E-state index in [9.17, 15) is 5.26 Å². The summed E-state index contributed by atoms with van der Waals surface area (Å²) in [7, 11) is 0. The molecule has 0 saturated carbocycles. The van der Waals surface area contributed by atoms with Gasteiger partial charge in [-0.05, 0) is 58.5 Å². The normalized spacial score (nSPS) is 25.5. The fourth-order valence-electron chi connectivity index (χ4n) is 3.11. The van der Waals surface area contributed by atoms with Crippen molar-refractivity contribution in [2.45, 2.75) is 71.4 Å². The molecule has 0 aromatic rings. The van der Waals surface area contributed by atoms with Gasteiger partial charge in [0.25, 0.3) is 0 Å². The molecule has 0 amide bonds. The third-order valence-corrected chi connectivity index (χ3v) is 4.47. The van der Waals surface area contributed by atoms with Gasteiger partial charge in [0, 0.05) is 12.6 Å². The highest BCUT2D eigenvalue weighted by Crippen LogP contribution is 2.24. The molecule has 1 rings (SSSR count). The van der Waals surface area contributed by atoms with Gasteiger partial charge >= 0.3 is 0 Å². The number of hydrogen-bond acceptors (Lipinski definition) is 3. The van der Waals surface area contributed by atoms with Gasteiger partial charge in [0.1, 0.15) is 5.54 Å². The summed E-state index contributed by atoms with van der Waals surface area (Å²) in [5, 5.41) is 12.8. The van der Waals surface area contributed by atoms with E-state index >= 15 is 0 Å². The molecule has 110 valence electrons. The molecular weight excluding hydrogens is 234 g/mol. The Kier molecular flexibility index (Phi) is 6.82. The number of piperidine rings is 1. The second-order valence-corrected chi connectivity index (χ2v) is 6.34. The van der Waals surface area contributed by atoms with Crippen molar-refractivity contribution in [1.82, 2.24) is 10.2 Å². The Morgan fingerprint density at radius 3 is 2.79 bits per heavy atom. The largest absolute Gasteiger partial charge is 0.300 e. The highest BCUT2D eigenvalue weighted by molar-refractivity contribution is 5.05. The molecule has 0 spiro atoms. The third-order valence-electron chi connectivity index (χ3n) is 4.47. The molecule has 0 bridgehead atoms. The molecule has 1 saturated heterocycles. The Bertz CT molecular complexity index is 297. The maximum absolute atomic E-state index is 9.43. The van der Waals surface area contributed by atoms with Gasteiger partial charge in [-0.15, -0.1) is 0 Å². The van der Waals surface area contributed by atoms with Gasteiger partial charge in [-0.3, -0.25) is 5.32 Å². The maximum Gasteiger partial charge on any atom is 0.105 e. The lowest BCUT2D eigenvalue weighted by molar-refractivity contribution is 0.112. The first kappa shape index (κ1) is 16.5. The van der Waals surface area contributed by atoms with Gasteiger partial charge < -0.3 is 4.90 Å². The van der Waals surface area contributed by atoms with Gasteiger partial charge in [0.2, 0.25) is 0 Å². The summed E-state index contributed by atoms with van der Waals surface area (Å²) < 4.78 is 0. The monoisotopic (exact) mass is 265 g/mol. The van der Waals surface area contributed by atoms with Crippen molar-refractivity contribution < 1.29 is 0 Å². The van der Waals surface area contributed by atoms with Crippen LogP contribution in [0.2, 0.25) is 0 Å². The average Bonchev–Trinajstić information content (AvgIpc) is 2.45. The molecule has 0 aliphatic carbocycles. The molecule has 1 aliphatic rings. The van der Waals surface area contributed by atoms with Crippen molar-refractivity contribution in [1.29, 1.82) is 5.26 Å². The summed E-state index contributed by atoms with van der Waals surface area (Å²) in [6.07, 6.45) is 5.97. The van der Waals surface area contributed by atoms with Crippen molar-refractivity contribution >= 4 is 0 Å². The van der Waals surface area contributed by atoms with E-state index < -0.39 is 0 Å². The average molecular weight is 265 g/mol. The Morgan fingerprint density at radius 2 is 2.21 bits per heavy atom. The van der Waals surface area contributed by atoms with Crippen LogP contribution in [0, 0.1) is 17.2 Å². The molecule has 3 heteroatoms. The van der Waals surface area contributed by atoms with E-state index in [-0.39, 0.29) is 5.54 Å². The molecule has 0 radical (unpaired) electrons. The molecule has 3 nitrogen and oxygen atoms in total. The Balaban J connectivity index is 2.52. The predicted molar refractivity (Wildman–Crippen MR) is 81.0 cm³/mol. The number of nitriles is 1. The maximum atomic E-state index is 9.43. The van der Waals surface area contributed by atoms with Crippen LogP contribution in [0.25, 0.3) is 0 Å². The molecule has 3 unspecified atom stereocenters. The van der Waals surface area contributed by atoms with Gasteiger partial charge in [-0.1, -0.05) is 20.3 Å². The topological polar surface area (TPSA) is 39.1 Å². The van der Waals surface area contributed by atoms with Crippen LogP contribution in [0.1, 0.15) is 59.8 Å². The summed E-state index contributed by atoms with van der Waals surface area (Å²) in [5.41, 5.74) is -0.380. The standard InChI is InChI=1S/C16H31N3/c1-5-9-18-16(4,13-17)11-14(3)19-10-7-8-15(6-2)12-19/h14-15,18H,5-12H2,1-4H3. The van der Waals surface area contributed by atoms with Crippen LogP contribution >= 0.6 is 0 Å². The fourth-order valence-corrected chi connectivity index (χ4v) is 3.11. The molecule has 1 fully saturated rings. The van der Waals surface area contributed by atoms with Crippen molar-refractivity contribution in [2.75, 3.05) is 19.6 Å². The first-order chi connectivity index (χ1) is 9.04. The molecule has 1 N–H and O–H groups in total. The molecule has 0 aromatic heterocycles. The van der Waals surface area contributed by atoms with E-state index in [1.54, 1.807) is 0 Å². The second kappa shape index (κ2) is 7.87. The van der Waals surface area contributed by atoms with E-state index in [4.69, 9.17) is 0 Å². The minimum Gasteiger partial charge on any atom is -0.300 e. The fraction of sp³-hybridized carbons (Fsp3) is 0.938. The van der Waals surface area contributed by atoms with Gasteiger partial charge in [-0.2, -0.15) is 5.26 Å². The minimum atomic E-state index is -0.380. The Hall–Kier alpha value is -0.590. The SMILES string of the molecule is CCCNC(C)(C#N)CC(C)N1CCCC(CC)C1. The third kappa shape index (κ3) is 5.12. The van der Waals surface area contributed by atoms with Crippen molar-refractivity contribution in [2.24, 2.45) is 5.92 Å². The zero-order chi connectivity index (χ0) is 14.3. The van der Waals surface area contributed by atoms with Crippen LogP contribution in [0.15, 0.2) is 0 Å². The predicted octanol–water partition coefficient (Wildman–Crippen LogP) is 3.17. The molecular formula is C16H31N3. The lowest BCUT2D eigenvalue weighted by Crippen LogP contribution is -2.49. The summed E-state index contributed by atoms with van der Waals surface area (Å²) in [5.74, 6) is 0.855. The number of nitrogens with one attached hydrogen (secondary N) is 1. The van der Waals surface area contributed by atoms with Crippen LogP contribution < -0.4 is 5.32 Å². The van der Waals surface area contributed by atoms with Crippen LogP contribution in [-0.4, -0.2) is 36.1 Å². The number of nitrogens with zero attached hydrogens (tertiary/aromatic N) is 2. The molecule has 0 aromatic carbocycles. The second-order valence-electron chi connectivity index (χ2n) is 6.34. The quantitative estimate of drug-likeness (QED) is 0.768. The smallest absolute Gasteiger partial charge is 0.105 e. The summed E-state index contributed by atoms with van der Waals surface area (Å²) in [6, 6.07) is 2.96. The van der Waals surface area contributed by atoms with Crippen molar-refractivity contribution in [3.8, 4) is 6.07 Å². The van der Waals surface area contributed by atoms with Crippen LogP contribution in [0.5, 0.6) is 0 Å². The van der Waals surface area contributed by atoms with E-state index in [1.807, 2.05) is 6.92 Å². The zero-order valence-corrected chi connectivity index (χ0v) is 13.2. The van der Waals surface area contributed by atoms with Gasteiger partial charge in [-0.25, -0.2) is 0 Å². The minimum absolute atomic E-state index is 0.380. The van der Waals surface area contributed by atoms with Crippen LogP contribution in [0.3, 0.4) is 0 Å². The first-order valence-corrected chi connectivity index (χ1v) is 7.95. The van der Waals surface area contributed by atoms with Gasteiger partial charge in [0.05, 0.1) is 6.07 Å². The zero-order valence-electron chi connectivity index (χ0n) is 13.2. The first-order valence-electron chi connectivity index (χ1n) is 7.95. The summed E-state index contributed by atoms with van der Waals surface area (Å²) in [6.45, 7) is 12.1.